The molecule has 0 radical (unpaired) electrons. The van der Waals surface area contributed by atoms with Crippen LogP contribution in [0.25, 0.3) is 0 Å². The molecule has 1 amide bonds. The number of hydrogen-bond acceptors (Lipinski definition) is 5. The summed E-state index contributed by atoms with van der Waals surface area (Å²) in [6.07, 6.45) is 1.43. The molecule has 0 bridgehead atoms. The van der Waals surface area contributed by atoms with Crippen LogP contribution in [0.5, 0.6) is 11.5 Å². The highest BCUT2D eigenvalue weighted by molar-refractivity contribution is 6.42. The summed E-state index contributed by atoms with van der Waals surface area (Å²) in [5.41, 5.74) is 3.35. The molecule has 2 aromatic carbocycles. The first kappa shape index (κ1) is 18.8. The number of carbonyl (C=O) groups excluding carboxylic acids is 2. The van der Waals surface area contributed by atoms with E-state index in [1.165, 1.54) is 38.4 Å². The molecule has 0 aliphatic rings. The van der Waals surface area contributed by atoms with Gasteiger partial charge in [-0.15, -0.1) is 0 Å². The Morgan fingerprint density at radius 2 is 1.84 bits per heavy atom. The van der Waals surface area contributed by atoms with E-state index in [1.807, 2.05) is 0 Å². The molecule has 2 rings (SSSR count). The zero-order chi connectivity index (χ0) is 18.4. The summed E-state index contributed by atoms with van der Waals surface area (Å²) in [6.45, 7) is 1.30. The van der Waals surface area contributed by atoms with Gasteiger partial charge in [0.2, 0.25) is 0 Å². The fourth-order valence-corrected chi connectivity index (χ4v) is 2.17. The highest BCUT2D eigenvalue weighted by Gasteiger charge is 2.08. The highest BCUT2D eigenvalue weighted by atomic mass is 35.5. The number of esters is 1. The third-order valence-electron chi connectivity index (χ3n) is 3.00. The predicted molar refractivity (Wildman–Crippen MR) is 95.8 cm³/mol. The van der Waals surface area contributed by atoms with E-state index in [2.05, 4.69) is 10.5 Å². The molecule has 0 heterocycles. The third kappa shape index (κ3) is 5.20. The van der Waals surface area contributed by atoms with Gasteiger partial charge in [0.1, 0.15) is 0 Å². The number of halogens is 2. The third-order valence-corrected chi connectivity index (χ3v) is 3.74. The minimum absolute atomic E-state index is 0.282. The molecule has 0 atom stereocenters. The summed E-state index contributed by atoms with van der Waals surface area (Å²) in [4.78, 5) is 23.0. The molecule has 130 valence electrons. The maximum atomic E-state index is 12.0. The molecule has 0 aromatic heterocycles. The zero-order valence-corrected chi connectivity index (χ0v) is 14.9. The lowest BCUT2D eigenvalue weighted by Crippen LogP contribution is -2.17. The van der Waals surface area contributed by atoms with Gasteiger partial charge in [0.05, 0.1) is 23.4 Å². The van der Waals surface area contributed by atoms with Gasteiger partial charge in [-0.05, 0) is 42.0 Å². The van der Waals surface area contributed by atoms with Crippen molar-refractivity contribution in [2.45, 2.75) is 6.92 Å². The number of benzene rings is 2. The first-order chi connectivity index (χ1) is 11.9. The van der Waals surface area contributed by atoms with E-state index in [1.54, 1.807) is 18.2 Å². The first-order valence-corrected chi connectivity index (χ1v) is 7.81. The first-order valence-electron chi connectivity index (χ1n) is 7.05. The van der Waals surface area contributed by atoms with Gasteiger partial charge in [0, 0.05) is 12.5 Å². The summed E-state index contributed by atoms with van der Waals surface area (Å²) in [5.74, 6) is -0.214. The Hall–Kier alpha value is -2.57. The standard InChI is InChI=1S/C17H14Cl2N2O4/c1-10(22)25-15-6-3-11(7-16(15)24-2)9-20-21-17(23)12-4-5-13(18)14(19)8-12/h3-9H,1-2H3,(H,21,23)/b20-9-. The molecule has 6 nitrogen and oxygen atoms in total. The molecule has 0 aliphatic carbocycles. The lowest BCUT2D eigenvalue weighted by Gasteiger charge is -2.08. The van der Waals surface area contributed by atoms with Crippen molar-refractivity contribution in [2.24, 2.45) is 5.10 Å². The predicted octanol–water partition coefficient (Wildman–Crippen LogP) is 3.69. The lowest BCUT2D eigenvalue weighted by atomic mass is 10.2. The maximum Gasteiger partial charge on any atom is 0.308 e. The topological polar surface area (TPSA) is 77.0 Å². The largest absolute Gasteiger partial charge is 0.493 e. The number of ether oxygens (including phenoxy) is 2. The number of rotatable bonds is 5. The fourth-order valence-electron chi connectivity index (χ4n) is 1.87. The van der Waals surface area contributed by atoms with E-state index in [0.717, 1.165) is 0 Å². The van der Waals surface area contributed by atoms with Crippen molar-refractivity contribution in [1.82, 2.24) is 5.43 Å². The summed E-state index contributed by atoms with van der Waals surface area (Å²) >= 11 is 11.7. The summed E-state index contributed by atoms with van der Waals surface area (Å²) in [7, 11) is 1.45. The van der Waals surface area contributed by atoms with E-state index < -0.39 is 11.9 Å². The maximum absolute atomic E-state index is 12.0. The Kier molecular flexibility index (Phi) is 6.38. The molecule has 0 spiro atoms. The Balaban J connectivity index is 2.07. The normalized spacial score (nSPS) is 10.6. The number of methoxy groups -OCH3 is 1. The van der Waals surface area contributed by atoms with Crippen LogP contribution in [-0.2, 0) is 4.79 Å². The van der Waals surface area contributed by atoms with Crippen molar-refractivity contribution in [3.63, 3.8) is 0 Å². The van der Waals surface area contributed by atoms with Gasteiger partial charge in [-0.2, -0.15) is 5.10 Å². The van der Waals surface area contributed by atoms with Crippen molar-refractivity contribution >= 4 is 41.3 Å². The van der Waals surface area contributed by atoms with Crippen LogP contribution in [0.1, 0.15) is 22.8 Å². The van der Waals surface area contributed by atoms with Crippen molar-refractivity contribution in [3.05, 3.63) is 57.6 Å². The minimum Gasteiger partial charge on any atom is -0.493 e. The van der Waals surface area contributed by atoms with Gasteiger partial charge in [-0.25, -0.2) is 5.43 Å². The number of hydrogen-bond donors (Lipinski definition) is 1. The average Bonchev–Trinajstić information content (AvgIpc) is 2.57. The molecule has 0 aliphatic heterocycles. The second-order valence-electron chi connectivity index (χ2n) is 4.83. The zero-order valence-electron chi connectivity index (χ0n) is 13.4. The van der Waals surface area contributed by atoms with Crippen LogP contribution in [0.3, 0.4) is 0 Å². The second kappa shape index (κ2) is 8.50. The monoisotopic (exact) mass is 380 g/mol. The minimum atomic E-state index is -0.450. The fraction of sp³-hybridized carbons (Fsp3) is 0.118. The van der Waals surface area contributed by atoms with Gasteiger partial charge in [0.15, 0.2) is 11.5 Å². The molecular weight excluding hydrogens is 367 g/mol. The number of amides is 1. The van der Waals surface area contributed by atoms with Gasteiger partial charge >= 0.3 is 5.97 Å². The summed E-state index contributed by atoms with van der Waals surface area (Å²) < 4.78 is 10.2. The van der Waals surface area contributed by atoms with Crippen LogP contribution < -0.4 is 14.9 Å². The average molecular weight is 381 g/mol. The summed E-state index contributed by atoms with van der Waals surface area (Å²) in [5, 5.41) is 4.52. The molecule has 0 saturated heterocycles. The van der Waals surface area contributed by atoms with E-state index >= 15 is 0 Å². The SMILES string of the molecule is COc1cc(/C=N\NC(=O)c2ccc(Cl)c(Cl)c2)ccc1OC(C)=O. The van der Waals surface area contributed by atoms with E-state index in [-0.39, 0.29) is 5.02 Å². The van der Waals surface area contributed by atoms with Crippen molar-refractivity contribution in [3.8, 4) is 11.5 Å². The Labute approximate surface area is 154 Å². The Morgan fingerprint density at radius 3 is 2.48 bits per heavy atom. The number of nitrogens with one attached hydrogen (secondary N) is 1. The molecule has 0 saturated carbocycles. The Morgan fingerprint density at radius 1 is 1.08 bits per heavy atom. The molecule has 0 fully saturated rings. The van der Waals surface area contributed by atoms with E-state index in [9.17, 15) is 9.59 Å². The van der Waals surface area contributed by atoms with Crippen LogP contribution in [0, 0.1) is 0 Å². The van der Waals surface area contributed by atoms with Crippen molar-refractivity contribution in [2.75, 3.05) is 7.11 Å². The van der Waals surface area contributed by atoms with Crippen molar-refractivity contribution < 1.29 is 19.1 Å². The number of hydrazone groups is 1. The Bertz CT molecular complexity index is 837. The van der Waals surface area contributed by atoms with Gasteiger partial charge in [0.25, 0.3) is 5.91 Å². The number of carbonyl (C=O) groups is 2. The van der Waals surface area contributed by atoms with Crippen molar-refractivity contribution in [1.29, 1.82) is 0 Å². The molecule has 8 heteroatoms. The molecular formula is C17H14Cl2N2O4. The smallest absolute Gasteiger partial charge is 0.308 e. The van der Waals surface area contributed by atoms with Crippen LogP contribution in [0.2, 0.25) is 10.0 Å². The van der Waals surface area contributed by atoms with Crippen LogP contribution in [0.4, 0.5) is 0 Å². The second-order valence-corrected chi connectivity index (χ2v) is 5.65. The molecule has 1 N–H and O–H groups in total. The van der Waals surface area contributed by atoms with Crippen LogP contribution in [0.15, 0.2) is 41.5 Å². The van der Waals surface area contributed by atoms with E-state index in [4.69, 9.17) is 32.7 Å². The summed E-state index contributed by atoms with van der Waals surface area (Å²) in [6, 6.07) is 9.37. The van der Waals surface area contributed by atoms with E-state index in [0.29, 0.717) is 27.6 Å². The molecule has 25 heavy (non-hydrogen) atoms. The molecule has 0 unspecified atom stereocenters. The molecule has 2 aromatic rings. The lowest BCUT2D eigenvalue weighted by molar-refractivity contribution is -0.132. The quantitative estimate of drug-likeness (QED) is 0.371. The van der Waals surface area contributed by atoms with Gasteiger partial charge in [-0.3, -0.25) is 9.59 Å². The van der Waals surface area contributed by atoms with Gasteiger partial charge in [-0.1, -0.05) is 23.2 Å². The van der Waals surface area contributed by atoms with Crippen LogP contribution >= 0.6 is 23.2 Å². The van der Waals surface area contributed by atoms with Gasteiger partial charge < -0.3 is 9.47 Å². The highest BCUT2D eigenvalue weighted by Crippen LogP contribution is 2.27. The number of nitrogens with zero attached hydrogens (tertiary/aromatic N) is 1. The van der Waals surface area contributed by atoms with Crippen LogP contribution in [-0.4, -0.2) is 25.2 Å².